The van der Waals surface area contributed by atoms with E-state index in [2.05, 4.69) is 10.6 Å². The first-order chi connectivity index (χ1) is 11.9. The molecule has 1 fully saturated rings. The first kappa shape index (κ1) is 20.1. The molecule has 2 N–H and O–H groups in total. The van der Waals surface area contributed by atoms with E-state index in [1.165, 1.54) is 6.07 Å². The van der Waals surface area contributed by atoms with Crippen molar-refractivity contribution < 1.29 is 17.9 Å². The monoisotopic (exact) mass is 393 g/mol. The minimum atomic E-state index is -4.40. The van der Waals surface area contributed by atoms with E-state index in [9.17, 15) is 13.2 Å². The van der Waals surface area contributed by atoms with E-state index >= 15 is 0 Å². The molecule has 0 unspecified atom stereocenters. The summed E-state index contributed by atoms with van der Waals surface area (Å²) in [6, 6.07) is 3.71. The quantitative estimate of drug-likeness (QED) is 0.568. The molecule has 0 saturated carbocycles. The van der Waals surface area contributed by atoms with Crippen LogP contribution >= 0.6 is 24.0 Å². The molecule has 2 rings (SSSR count). The number of ether oxygens (including phenoxy) is 1. The van der Waals surface area contributed by atoms with E-state index in [0.717, 1.165) is 24.3 Å². The van der Waals surface area contributed by atoms with Gasteiger partial charge in [-0.15, -0.1) is 0 Å². The van der Waals surface area contributed by atoms with Gasteiger partial charge < -0.3 is 20.3 Å². The van der Waals surface area contributed by atoms with Crippen LogP contribution in [0.5, 0.6) is 0 Å². The number of thioether (sulfide) groups is 1. The van der Waals surface area contributed by atoms with Crippen molar-refractivity contribution in [3.05, 3.63) is 23.8 Å². The number of morpholine rings is 1. The summed E-state index contributed by atoms with van der Waals surface area (Å²) in [6.45, 7) is 3.05. The van der Waals surface area contributed by atoms with E-state index < -0.39 is 11.7 Å². The highest BCUT2D eigenvalue weighted by Crippen LogP contribution is 2.35. The number of nitrogens with one attached hydrogen (secondary N) is 2. The van der Waals surface area contributed by atoms with Crippen LogP contribution in [0.4, 0.5) is 24.5 Å². The standard InChI is InChI=1S/C16H22F3N3OS2/c1-25-10-2-5-20-15(24)21-13-11-12(16(17,18)19)3-4-14(13)22-6-8-23-9-7-22/h3-4,11H,2,5-10H2,1H3,(H2,20,21,24). The first-order valence-corrected chi connectivity index (χ1v) is 9.80. The molecule has 140 valence electrons. The molecule has 1 aliphatic heterocycles. The fraction of sp³-hybridized carbons (Fsp3) is 0.562. The van der Waals surface area contributed by atoms with E-state index in [-0.39, 0.29) is 0 Å². The van der Waals surface area contributed by atoms with Crippen molar-refractivity contribution in [2.24, 2.45) is 0 Å². The summed E-state index contributed by atoms with van der Waals surface area (Å²) in [4.78, 5) is 2.00. The third kappa shape index (κ3) is 6.23. The number of thiocarbonyl (C=S) groups is 1. The van der Waals surface area contributed by atoms with Gasteiger partial charge in [0.05, 0.1) is 30.2 Å². The average Bonchev–Trinajstić information content (AvgIpc) is 2.59. The zero-order valence-corrected chi connectivity index (χ0v) is 15.6. The fourth-order valence-electron chi connectivity index (χ4n) is 2.48. The largest absolute Gasteiger partial charge is 0.416 e. The molecule has 1 aliphatic rings. The van der Waals surface area contributed by atoms with Crippen molar-refractivity contribution >= 4 is 40.5 Å². The molecule has 0 aromatic heterocycles. The average molecular weight is 394 g/mol. The van der Waals surface area contributed by atoms with Crippen molar-refractivity contribution in [2.75, 3.05) is 55.1 Å². The molecule has 0 radical (unpaired) electrons. The summed E-state index contributed by atoms with van der Waals surface area (Å²) in [6.07, 6.45) is -1.44. The Morgan fingerprint density at radius 3 is 2.68 bits per heavy atom. The van der Waals surface area contributed by atoms with Crippen LogP contribution in [0.3, 0.4) is 0 Å². The number of alkyl halides is 3. The summed E-state index contributed by atoms with van der Waals surface area (Å²) < 4.78 is 44.5. The van der Waals surface area contributed by atoms with E-state index in [4.69, 9.17) is 17.0 Å². The highest BCUT2D eigenvalue weighted by molar-refractivity contribution is 7.98. The van der Waals surface area contributed by atoms with Crippen molar-refractivity contribution in [1.82, 2.24) is 5.32 Å². The summed E-state index contributed by atoms with van der Waals surface area (Å²) >= 11 is 6.97. The van der Waals surface area contributed by atoms with Gasteiger partial charge in [0.15, 0.2) is 5.11 Å². The van der Waals surface area contributed by atoms with Crippen LogP contribution in [0.25, 0.3) is 0 Å². The molecule has 4 nitrogen and oxygen atoms in total. The number of hydrogen-bond acceptors (Lipinski definition) is 4. The molecule has 0 bridgehead atoms. The number of benzene rings is 1. The molecule has 1 heterocycles. The van der Waals surface area contributed by atoms with E-state index in [1.807, 2.05) is 11.2 Å². The lowest BCUT2D eigenvalue weighted by Gasteiger charge is -2.31. The topological polar surface area (TPSA) is 36.5 Å². The Bertz CT molecular complexity index is 578. The number of hydrogen-bond donors (Lipinski definition) is 2. The molecular formula is C16H22F3N3OS2. The third-order valence-corrected chi connectivity index (χ3v) is 4.68. The summed E-state index contributed by atoms with van der Waals surface area (Å²) in [5.41, 5.74) is 0.362. The van der Waals surface area contributed by atoms with Gasteiger partial charge in [0, 0.05) is 19.6 Å². The van der Waals surface area contributed by atoms with Gasteiger partial charge in [-0.1, -0.05) is 0 Å². The number of rotatable bonds is 6. The number of halogens is 3. The molecular weight excluding hydrogens is 371 g/mol. The van der Waals surface area contributed by atoms with E-state index in [1.54, 1.807) is 11.8 Å². The van der Waals surface area contributed by atoms with Crippen LogP contribution in [0, 0.1) is 0 Å². The maximum absolute atomic E-state index is 13.1. The van der Waals surface area contributed by atoms with Gasteiger partial charge in [0.25, 0.3) is 0 Å². The normalized spacial score (nSPS) is 15.1. The van der Waals surface area contributed by atoms with Crippen molar-refractivity contribution in [1.29, 1.82) is 0 Å². The smallest absolute Gasteiger partial charge is 0.378 e. The number of nitrogens with zero attached hydrogens (tertiary/aromatic N) is 1. The molecule has 25 heavy (non-hydrogen) atoms. The van der Waals surface area contributed by atoms with Gasteiger partial charge in [0.2, 0.25) is 0 Å². The van der Waals surface area contributed by atoms with Crippen LogP contribution in [-0.2, 0) is 10.9 Å². The lowest BCUT2D eigenvalue weighted by Crippen LogP contribution is -2.37. The van der Waals surface area contributed by atoms with E-state index in [0.29, 0.717) is 49.3 Å². The fourth-order valence-corrected chi connectivity index (χ4v) is 3.12. The highest BCUT2D eigenvalue weighted by atomic mass is 32.2. The van der Waals surface area contributed by atoms with Gasteiger partial charge in [-0.3, -0.25) is 0 Å². The second-order valence-corrected chi connectivity index (χ2v) is 6.95. The summed E-state index contributed by atoms with van der Waals surface area (Å²) in [7, 11) is 0. The predicted octanol–water partition coefficient (Wildman–Crippen LogP) is 3.58. The molecule has 0 spiro atoms. The molecule has 9 heteroatoms. The Morgan fingerprint density at radius 1 is 1.32 bits per heavy atom. The van der Waals surface area contributed by atoms with Crippen LogP contribution < -0.4 is 15.5 Å². The third-order valence-electron chi connectivity index (χ3n) is 3.73. The van der Waals surface area contributed by atoms with Crippen molar-refractivity contribution in [3.63, 3.8) is 0 Å². The van der Waals surface area contributed by atoms with Gasteiger partial charge >= 0.3 is 6.18 Å². The Morgan fingerprint density at radius 2 is 2.04 bits per heavy atom. The summed E-state index contributed by atoms with van der Waals surface area (Å²) in [5.74, 6) is 0.998. The minimum Gasteiger partial charge on any atom is -0.378 e. The van der Waals surface area contributed by atoms with Crippen molar-refractivity contribution in [3.8, 4) is 0 Å². The van der Waals surface area contributed by atoms with Gasteiger partial charge in [-0.05, 0) is 48.8 Å². The van der Waals surface area contributed by atoms with Gasteiger partial charge in [0.1, 0.15) is 0 Å². The Balaban J connectivity index is 2.14. The van der Waals surface area contributed by atoms with Gasteiger partial charge in [-0.25, -0.2) is 0 Å². The summed E-state index contributed by atoms with van der Waals surface area (Å²) in [5, 5.41) is 6.29. The Hall–Kier alpha value is -1.19. The van der Waals surface area contributed by atoms with Crippen LogP contribution in [-0.4, -0.2) is 50.0 Å². The minimum absolute atomic E-state index is 0.329. The van der Waals surface area contributed by atoms with Crippen LogP contribution in [0.1, 0.15) is 12.0 Å². The van der Waals surface area contributed by atoms with Crippen molar-refractivity contribution in [2.45, 2.75) is 12.6 Å². The molecule has 0 amide bonds. The number of anilines is 2. The second kappa shape index (κ2) is 9.49. The van der Waals surface area contributed by atoms with Crippen LogP contribution in [0.2, 0.25) is 0 Å². The predicted molar refractivity (Wildman–Crippen MR) is 102 cm³/mol. The molecule has 0 atom stereocenters. The highest BCUT2D eigenvalue weighted by Gasteiger charge is 2.31. The van der Waals surface area contributed by atoms with Crippen LogP contribution in [0.15, 0.2) is 18.2 Å². The lowest BCUT2D eigenvalue weighted by molar-refractivity contribution is -0.137. The molecule has 1 aromatic carbocycles. The maximum Gasteiger partial charge on any atom is 0.416 e. The zero-order chi connectivity index (χ0) is 18.3. The molecule has 1 saturated heterocycles. The Labute approximate surface area is 155 Å². The maximum atomic E-state index is 13.1. The molecule has 1 aromatic rings. The molecule has 0 aliphatic carbocycles. The zero-order valence-electron chi connectivity index (χ0n) is 14.0. The van der Waals surface area contributed by atoms with Gasteiger partial charge in [-0.2, -0.15) is 24.9 Å². The Kier molecular flexibility index (Phi) is 7.64. The lowest BCUT2D eigenvalue weighted by atomic mass is 10.1. The first-order valence-electron chi connectivity index (χ1n) is 7.99. The second-order valence-electron chi connectivity index (χ2n) is 5.56. The SMILES string of the molecule is CSCCCNC(=S)Nc1cc(C(F)(F)F)ccc1N1CCOCC1.